The van der Waals surface area contributed by atoms with E-state index in [4.69, 9.17) is 5.73 Å². The summed E-state index contributed by atoms with van der Waals surface area (Å²) >= 11 is 0. The highest BCUT2D eigenvalue weighted by molar-refractivity contribution is 5.53. The van der Waals surface area contributed by atoms with Crippen LogP contribution < -0.4 is 10.6 Å². The molecule has 1 aliphatic heterocycles. The van der Waals surface area contributed by atoms with Gasteiger partial charge in [-0.3, -0.25) is 0 Å². The van der Waals surface area contributed by atoms with E-state index < -0.39 is 0 Å². The molecule has 0 aromatic carbocycles. The van der Waals surface area contributed by atoms with Crippen molar-refractivity contribution in [3.05, 3.63) is 17.8 Å². The molecule has 0 spiro atoms. The van der Waals surface area contributed by atoms with Crippen LogP contribution in [0.5, 0.6) is 0 Å². The summed E-state index contributed by atoms with van der Waals surface area (Å²) in [6.45, 7) is 6.60. The van der Waals surface area contributed by atoms with E-state index in [1.165, 1.54) is 12.0 Å². The van der Waals surface area contributed by atoms with Gasteiger partial charge in [0, 0.05) is 13.1 Å². The first-order valence-corrected chi connectivity index (χ1v) is 5.17. The third-order valence-corrected chi connectivity index (χ3v) is 2.91. The van der Waals surface area contributed by atoms with E-state index in [1.807, 2.05) is 6.07 Å². The molecule has 0 aliphatic carbocycles. The number of aryl methyl sites for hydroxylation is 1. The average Bonchev–Trinajstić information content (AvgIpc) is 2.06. The lowest BCUT2D eigenvalue weighted by molar-refractivity contribution is 0.395. The van der Waals surface area contributed by atoms with Gasteiger partial charge in [0.2, 0.25) is 0 Å². The minimum absolute atomic E-state index is 0.749. The average molecular weight is 191 g/mol. The Kier molecular flexibility index (Phi) is 2.32. The molecule has 2 rings (SSSR count). The van der Waals surface area contributed by atoms with Gasteiger partial charge in [0.25, 0.3) is 0 Å². The smallest absolute Gasteiger partial charge is 0.131 e. The fourth-order valence-electron chi connectivity index (χ4n) is 1.92. The Morgan fingerprint density at radius 3 is 2.86 bits per heavy atom. The molecule has 0 saturated carbocycles. The van der Waals surface area contributed by atoms with Crippen LogP contribution in [-0.2, 0) is 0 Å². The summed E-state index contributed by atoms with van der Waals surface area (Å²) in [5, 5.41) is 0. The summed E-state index contributed by atoms with van der Waals surface area (Å²) in [7, 11) is 0. The minimum Gasteiger partial charge on any atom is -0.397 e. The number of anilines is 2. The standard InChI is InChI=1S/C11H17N3/c1-3-9-6-14(7-9)11-8(2)4-10(12)5-13-11/h4-5,9H,3,6-7,12H2,1-2H3. The molecule has 1 aliphatic rings. The summed E-state index contributed by atoms with van der Waals surface area (Å²) in [4.78, 5) is 6.69. The highest BCUT2D eigenvalue weighted by Gasteiger charge is 2.26. The van der Waals surface area contributed by atoms with Gasteiger partial charge in [-0.05, 0) is 30.9 Å². The van der Waals surface area contributed by atoms with Crippen LogP contribution in [0.1, 0.15) is 18.9 Å². The molecule has 0 radical (unpaired) electrons. The third-order valence-electron chi connectivity index (χ3n) is 2.91. The summed E-state index contributed by atoms with van der Waals surface area (Å²) in [5.74, 6) is 1.96. The molecule has 0 unspecified atom stereocenters. The van der Waals surface area contributed by atoms with Crippen LogP contribution in [0.15, 0.2) is 12.3 Å². The maximum atomic E-state index is 5.66. The van der Waals surface area contributed by atoms with E-state index >= 15 is 0 Å². The fraction of sp³-hybridized carbons (Fsp3) is 0.545. The van der Waals surface area contributed by atoms with E-state index in [9.17, 15) is 0 Å². The number of aromatic nitrogens is 1. The second kappa shape index (κ2) is 3.48. The first-order chi connectivity index (χ1) is 6.70. The molecule has 0 atom stereocenters. The van der Waals surface area contributed by atoms with Crippen LogP contribution in [-0.4, -0.2) is 18.1 Å². The van der Waals surface area contributed by atoms with E-state index in [1.54, 1.807) is 6.20 Å². The van der Waals surface area contributed by atoms with Gasteiger partial charge in [-0.15, -0.1) is 0 Å². The number of hydrogen-bond acceptors (Lipinski definition) is 3. The maximum Gasteiger partial charge on any atom is 0.131 e. The molecular weight excluding hydrogens is 174 g/mol. The van der Waals surface area contributed by atoms with Gasteiger partial charge < -0.3 is 10.6 Å². The Hall–Kier alpha value is -1.25. The van der Waals surface area contributed by atoms with Crippen LogP contribution in [0.25, 0.3) is 0 Å². The van der Waals surface area contributed by atoms with Crippen LogP contribution >= 0.6 is 0 Å². The second-order valence-electron chi connectivity index (χ2n) is 4.09. The molecule has 1 aromatic rings. The highest BCUT2D eigenvalue weighted by atomic mass is 15.2. The molecule has 0 bridgehead atoms. The van der Waals surface area contributed by atoms with Crippen molar-refractivity contribution in [1.82, 2.24) is 4.98 Å². The van der Waals surface area contributed by atoms with Crippen molar-refractivity contribution in [2.45, 2.75) is 20.3 Å². The highest BCUT2D eigenvalue weighted by Crippen LogP contribution is 2.27. The molecule has 2 N–H and O–H groups in total. The summed E-state index contributed by atoms with van der Waals surface area (Å²) in [6, 6.07) is 1.99. The number of nitrogens with zero attached hydrogens (tertiary/aromatic N) is 2. The largest absolute Gasteiger partial charge is 0.397 e. The Morgan fingerprint density at radius 1 is 1.57 bits per heavy atom. The topological polar surface area (TPSA) is 42.2 Å². The van der Waals surface area contributed by atoms with Crippen molar-refractivity contribution < 1.29 is 0 Å². The second-order valence-corrected chi connectivity index (χ2v) is 4.09. The molecule has 3 heteroatoms. The molecule has 1 aromatic heterocycles. The lowest BCUT2D eigenvalue weighted by atomic mass is 9.97. The normalized spacial score (nSPS) is 16.9. The quantitative estimate of drug-likeness (QED) is 0.775. The van der Waals surface area contributed by atoms with Crippen molar-refractivity contribution in [2.75, 3.05) is 23.7 Å². The predicted octanol–water partition coefficient (Wildman–Crippen LogP) is 1.82. The molecule has 1 saturated heterocycles. The van der Waals surface area contributed by atoms with Crippen molar-refractivity contribution in [2.24, 2.45) is 5.92 Å². The van der Waals surface area contributed by atoms with Crippen molar-refractivity contribution in [1.29, 1.82) is 0 Å². The number of hydrogen-bond donors (Lipinski definition) is 1. The van der Waals surface area contributed by atoms with E-state index in [-0.39, 0.29) is 0 Å². The Labute approximate surface area is 84.9 Å². The van der Waals surface area contributed by atoms with Gasteiger partial charge in [0.15, 0.2) is 0 Å². The summed E-state index contributed by atoms with van der Waals surface area (Å²) in [6.07, 6.45) is 3.01. The van der Waals surface area contributed by atoms with Crippen LogP contribution in [0.3, 0.4) is 0 Å². The van der Waals surface area contributed by atoms with E-state index in [0.717, 1.165) is 30.5 Å². The minimum atomic E-state index is 0.749. The molecular formula is C11H17N3. The lowest BCUT2D eigenvalue weighted by Gasteiger charge is -2.40. The molecule has 76 valence electrons. The number of nitrogen functional groups attached to an aromatic ring is 1. The first kappa shape index (κ1) is 9.31. The zero-order valence-electron chi connectivity index (χ0n) is 8.83. The Balaban J connectivity index is 2.11. The monoisotopic (exact) mass is 191 g/mol. The van der Waals surface area contributed by atoms with Crippen LogP contribution in [0.2, 0.25) is 0 Å². The summed E-state index contributed by atoms with van der Waals surface area (Å²) in [5.41, 5.74) is 7.59. The van der Waals surface area contributed by atoms with Gasteiger partial charge in [-0.2, -0.15) is 0 Å². The molecule has 14 heavy (non-hydrogen) atoms. The van der Waals surface area contributed by atoms with Gasteiger partial charge in [-0.1, -0.05) is 6.92 Å². The zero-order chi connectivity index (χ0) is 10.1. The van der Waals surface area contributed by atoms with E-state index in [0.29, 0.717) is 0 Å². The van der Waals surface area contributed by atoms with Crippen molar-refractivity contribution in [3.8, 4) is 0 Å². The predicted molar refractivity (Wildman–Crippen MR) is 59.4 cm³/mol. The first-order valence-electron chi connectivity index (χ1n) is 5.17. The van der Waals surface area contributed by atoms with Crippen LogP contribution in [0.4, 0.5) is 11.5 Å². The Bertz CT molecular complexity index is 329. The van der Waals surface area contributed by atoms with Crippen LogP contribution in [0, 0.1) is 12.8 Å². The lowest BCUT2D eigenvalue weighted by Crippen LogP contribution is -2.47. The van der Waals surface area contributed by atoms with Crippen molar-refractivity contribution >= 4 is 11.5 Å². The summed E-state index contributed by atoms with van der Waals surface area (Å²) < 4.78 is 0. The molecule has 3 nitrogen and oxygen atoms in total. The molecule has 1 fully saturated rings. The molecule has 0 amide bonds. The number of nitrogens with two attached hydrogens (primary N) is 1. The van der Waals surface area contributed by atoms with Gasteiger partial charge in [0.05, 0.1) is 11.9 Å². The van der Waals surface area contributed by atoms with Gasteiger partial charge in [-0.25, -0.2) is 4.98 Å². The number of rotatable bonds is 2. The maximum absolute atomic E-state index is 5.66. The molecule has 2 heterocycles. The number of pyridine rings is 1. The van der Waals surface area contributed by atoms with E-state index in [2.05, 4.69) is 23.7 Å². The van der Waals surface area contributed by atoms with Gasteiger partial charge >= 0.3 is 0 Å². The fourth-order valence-corrected chi connectivity index (χ4v) is 1.92. The zero-order valence-corrected chi connectivity index (χ0v) is 8.83. The Morgan fingerprint density at radius 2 is 2.29 bits per heavy atom. The third kappa shape index (κ3) is 1.54. The van der Waals surface area contributed by atoms with Gasteiger partial charge in [0.1, 0.15) is 5.82 Å². The SMILES string of the molecule is CCC1CN(c2ncc(N)cc2C)C1. The van der Waals surface area contributed by atoms with Crippen molar-refractivity contribution in [3.63, 3.8) is 0 Å².